The van der Waals surface area contributed by atoms with Crippen molar-refractivity contribution in [2.45, 2.75) is 24.4 Å². The fourth-order valence-corrected chi connectivity index (χ4v) is 2.45. The van der Waals surface area contributed by atoms with Crippen LogP contribution in [0, 0.1) is 0 Å². The second-order valence-corrected chi connectivity index (χ2v) is 5.75. The first kappa shape index (κ1) is 13.7. The van der Waals surface area contributed by atoms with Gasteiger partial charge in [-0.05, 0) is 13.0 Å². The van der Waals surface area contributed by atoms with Crippen LogP contribution >= 0.6 is 0 Å². The number of aryl methyl sites for hydroxylation is 1. The predicted octanol–water partition coefficient (Wildman–Crippen LogP) is -0.566. The van der Waals surface area contributed by atoms with Crippen molar-refractivity contribution in [3.05, 3.63) is 30.6 Å². The van der Waals surface area contributed by atoms with E-state index in [0.717, 1.165) is 6.42 Å². The largest absolute Gasteiger partial charge is 0.347 e. The summed E-state index contributed by atoms with van der Waals surface area (Å²) in [5.41, 5.74) is 6.08. The lowest BCUT2D eigenvalue weighted by Gasteiger charge is -2.02. The zero-order valence-corrected chi connectivity index (χ0v) is 11.1. The van der Waals surface area contributed by atoms with Crippen molar-refractivity contribution in [3.63, 3.8) is 0 Å². The summed E-state index contributed by atoms with van der Waals surface area (Å²) in [6, 6.07) is 0. The molecule has 2 aromatic heterocycles. The molecule has 0 atom stereocenters. The van der Waals surface area contributed by atoms with Crippen LogP contribution < -0.4 is 10.5 Å². The average molecular weight is 284 g/mol. The van der Waals surface area contributed by atoms with E-state index >= 15 is 0 Å². The Kier molecular flexibility index (Phi) is 4.30. The predicted molar refractivity (Wildman–Crippen MR) is 68.5 cm³/mol. The number of hydrogen-bond donors (Lipinski definition) is 3. The highest BCUT2D eigenvalue weighted by Crippen LogP contribution is 2.08. The zero-order valence-electron chi connectivity index (χ0n) is 10.3. The first-order valence-corrected chi connectivity index (χ1v) is 7.29. The molecule has 2 heterocycles. The lowest BCUT2D eigenvalue weighted by Crippen LogP contribution is -2.23. The Morgan fingerprint density at radius 1 is 1.42 bits per heavy atom. The van der Waals surface area contributed by atoms with Crippen molar-refractivity contribution >= 4 is 10.0 Å². The van der Waals surface area contributed by atoms with Gasteiger partial charge in [0.15, 0.2) is 0 Å². The molecule has 9 heteroatoms. The maximum absolute atomic E-state index is 12.0. The van der Waals surface area contributed by atoms with E-state index in [2.05, 4.69) is 19.8 Å². The third-order valence-corrected chi connectivity index (χ3v) is 3.87. The van der Waals surface area contributed by atoms with Crippen molar-refractivity contribution in [2.24, 2.45) is 5.73 Å². The first-order chi connectivity index (χ1) is 9.12. The summed E-state index contributed by atoms with van der Waals surface area (Å²) in [5.74, 6) is 0. The molecule has 0 fully saturated rings. The molecule has 0 aromatic carbocycles. The van der Waals surface area contributed by atoms with Crippen molar-refractivity contribution in [1.29, 1.82) is 0 Å². The highest BCUT2D eigenvalue weighted by molar-refractivity contribution is 7.89. The monoisotopic (exact) mass is 284 g/mol. The number of hydrogen-bond acceptors (Lipinski definition) is 5. The number of nitrogens with zero attached hydrogens (tertiary/aromatic N) is 3. The molecule has 0 saturated carbocycles. The van der Waals surface area contributed by atoms with E-state index in [1.54, 1.807) is 10.9 Å². The third-order valence-electron chi connectivity index (χ3n) is 2.52. The first-order valence-electron chi connectivity index (χ1n) is 5.81. The lowest BCUT2D eigenvalue weighted by molar-refractivity contribution is 0.575. The molecule has 0 aliphatic rings. The minimum absolute atomic E-state index is 0.143. The molecule has 8 nitrogen and oxygen atoms in total. The van der Waals surface area contributed by atoms with Crippen molar-refractivity contribution < 1.29 is 8.42 Å². The maximum atomic E-state index is 12.0. The van der Waals surface area contributed by atoms with Gasteiger partial charge in [-0.3, -0.25) is 4.68 Å². The number of imidazole rings is 1. The fourth-order valence-electron chi connectivity index (χ4n) is 1.50. The van der Waals surface area contributed by atoms with E-state index in [9.17, 15) is 8.42 Å². The molecule has 2 aromatic rings. The van der Waals surface area contributed by atoms with Crippen LogP contribution in [0.25, 0.3) is 0 Å². The molecule has 0 aliphatic heterocycles. The Morgan fingerprint density at radius 3 is 2.95 bits per heavy atom. The van der Waals surface area contributed by atoms with Crippen LogP contribution in [0.4, 0.5) is 0 Å². The maximum Gasteiger partial charge on any atom is 0.244 e. The van der Waals surface area contributed by atoms with Crippen molar-refractivity contribution in [3.8, 4) is 0 Å². The van der Waals surface area contributed by atoms with E-state index in [1.807, 2.05) is 0 Å². The molecular formula is C10H16N6O2S. The smallest absolute Gasteiger partial charge is 0.244 e. The molecule has 0 radical (unpaired) electrons. The molecule has 0 unspecified atom stereocenters. The minimum Gasteiger partial charge on any atom is -0.347 e. The summed E-state index contributed by atoms with van der Waals surface area (Å²) in [4.78, 5) is 6.78. The molecular weight excluding hydrogens is 268 g/mol. The van der Waals surface area contributed by atoms with Gasteiger partial charge in [0, 0.05) is 24.6 Å². The van der Waals surface area contributed by atoms with Gasteiger partial charge in [-0.15, -0.1) is 0 Å². The molecule has 19 heavy (non-hydrogen) atoms. The summed E-state index contributed by atoms with van der Waals surface area (Å²) in [5, 5.41) is 3.99. The molecule has 0 amide bonds. The highest BCUT2D eigenvalue weighted by atomic mass is 32.2. The number of aromatic amines is 1. The number of H-pyrrole nitrogens is 1. The number of sulfonamides is 1. The van der Waals surface area contributed by atoms with Crippen LogP contribution in [0.1, 0.15) is 12.1 Å². The molecule has 2 rings (SSSR count). The number of rotatable bonds is 7. The Morgan fingerprint density at radius 2 is 2.26 bits per heavy atom. The Balaban J connectivity index is 2.00. The third kappa shape index (κ3) is 3.63. The zero-order chi connectivity index (χ0) is 13.7. The van der Waals surface area contributed by atoms with E-state index < -0.39 is 10.0 Å². The van der Waals surface area contributed by atoms with E-state index in [4.69, 9.17) is 5.73 Å². The summed E-state index contributed by atoms with van der Waals surface area (Å²) >= 11 is 0. The van der Waals surface area contributed by atoms with Gasteiger partial charge in [0.1, 0.15) is 4.90 Å². The van der Waals surface area contributed by atoms with Gasteiger partial charge in [-0.1, -0.05) is 0 Å². The normalized spacial score (nSPS) is 11.8. The van der Waals surface area contributed by atoms with Gasteiger partial charge in [-0.25, -0.2) is 18.1 Å². The van der Waals surface area contributed by atoms with Crippen molar-refractivity contribution in [2.75, 3.05) is 6.54 Å². The summed E-state index contributed by atoms with van der Waals surface area (Å²) in [6.07, 6.45) is 6.63. The van der Waals surface area contributed by atoms with Gasteiger partial charge in [0.05, 0.1) is 19.1 Å². The number of nitrogens with two attached hydrogens (primary N) is 1. The van der Waals surface area contributed by atoms with Crippen LogP contribution in [0.3, 0.4) is 0 Å². The molecule has 0 spiro atoms. The Labute approximate surface area is 111 Å². The number of aromatic nitrogens is 4. The summed E-state index contributed by atoms with van der Waals surface area (Å²) in [6.45, 7) is 1.31. The average Bonchev–Trinajstić information content (AvgIpc) is 3.05. The molecule has 0 bridgehead atoms. The topological polar surface area (TPSA) is 119 Å². The van der Waals surface area contributed by atoms with Gasteiger partial charge in [-0.2, -0.15) is 5.10 Å². The quantitative estimate of drug-likeness (QED) is 0.629. The molecule has 4 N–H and O–H groups in total. The van der Waals surface area contributed by atoms with Gasteiger partial charge < -0.3 is 10.7 Å². The van der Waals surface area contributed by atoms with Crippen LogP contribution in [-0.2, 0) is 23.1 Å². The lowest BCUT2D eigenvalue weighted by atomic mass is 10.4. The van der Waals surface area contributed by atoms with Crippen LogP contribution in [0.2, 0.25) is 0 Å². The standard InChI is InChI=1S/C10H16N6O2S/c11-2-1-3-16-7-10(6-14-16)19(17,18)15-5-9-4-12-8-13-9/h4,6-8,15H,1-3,5,11H2,(H,12,13). The minimum atomic E-state index is -3.55. The fraction of sp³-hybridized carbons (Fsp3) is 0.400. The Hall–Kier alpha value is -1.71. The molecule has 0 saturated heterocycles. The second kappa shape index (κ2) is 5.95. The number of nitrogens with one attached hydrogen (secondary N) is 2. The van der Waals surface area contributed by atoms with E-state index in [1.165, 1.54) is 18.7 Å². The van der Waals surface area contributed by atoms with Crippen LogP contribution in [0.15, 0.2) is 29.8 Å². The Bertz CT molecular complexity index is 604. The molecule has 0 aliphatic carbocycles. The summed E-state index contributed by atoms with van der Waals surface area (Å²) in [7, 11) is -3.55. The SMILES string of the molecule is NCCCn1cc(S(=O)(=O)NCc2cnc[nH]2)cn1. The van der Waals surface area contributed by atoms with Crippen LogP contribution in [0.5, 0.6) is 0 Å². The highest BCUT2D eigenvalue weighted by Gasteiger charge is 2.16. The summed E-state index contributed by atoms with van der Waals surface area (Å²) < 4.78 is 28.0. The second-order valence-electron chi connectivity index (χ2n) is 3.98. The van der Waals surface area contributed by atoms with Gasteiger partial charge >= 0.3 is 0 Å². The van der Waals surface area contributed by atoms with E-state index in [0.29, 0.717) is 18.8 Å². The van der Waals surface area contributed by atoms with E-state index in [-0.39, 0.29) is 11.4 Å². The molecule has 104 valence electrons. The van der Waals surface area contributed by atoms with Gasteiger partial charge in [0.2, 0.25) is 10.0 Å². The van der Waals surface area contributed by atoms with Crippen molar-refractivity contribution in [1.82, 2.24) is 24.5 Å². The van der Waals surface area contributed by atoms with Gasteiger partial charge in [0.25, 0.3) is 0 Å². The van der Waals surface area contributed by atoms with Crippen LogP contribution in [-0.4, -0.2) is 34.7 Å².